The van der Waals surface area contributed by atoms with Gasteiger partial charge >= 0.3 is 0 Å². The van der Waals surface area contributed by atoms with E-state index in [1.54, 1.807) is 7.11 Å². The van der Waals surface area contributed by atoms with Crippen molar-refractivity contribution in [1.82, 2.24) is 0 Å². The van der Waals surface area contributed by atoms with Crippen LogP contribution in [0, 0.1) is 10.8 Å². The third kappa shape index (κ3) is 8.12. The fourth-order valence-electron chi connectivity index (χ4n) is 1.88. The van der Waals surface area contributed by atoms with Gasteiger partial charge in [-0.05, 0) is 24.2 Å². The van der Waals surface area contributed by atoms with Crippen molar-refractivity contribution >= 4 is 0 Å². The SMILES string of the molecule is CO[C@](C)(COCC(C)(C)C)CC(C)(C)C. The van der Waals surface area contributed by atoms with E-state index in [9.17, 15) is 0 Å². The Hall–Kier alpha value is -0.0800. The standard InChI is InChI=1S/C14H30O2/c1-12(2,3)9-14(7,15-8)11-16-10-13(4,5)6/h9-11H2,1-8H3/t14-/m0/s1. The number of hydrogen-bond donors (Lipinski definition) is 0. The van der Waals surface area contributed by atoms with Crippen molar-refractivity contribution in [2.75, 3.05) is 20.3 Å². The van der Waals surface area contributed by atoms with E-state index in [1.807, 2.05) is 0 Å². The summed E-state index contributed by atoms with van der Waals surface area (Å²) in [4.78, 5) is 0. The molecule has 0 radical (unpaired) electrons. The van der Waals surface area contributed by atoms with Crippen molar-refractivity contribution in [2.24, 2.45) is 10.8 Å². The quantitative estimate of drug-likeness (QED) is 0.713. The van der Waals surface area contributed by atoms with Gasteiger partial charge in [-0.2, -0.15) is 0 Å². The Bertz CT molecular complexity index is 198. The van der Waals surface area contributed by atoms with Crippen LogP contribution in [0.5, 0.6) is 0 Å². The van der Waals surface area contributed by atoms with Crippen LogP contribution < -0.4 is 0 Å². The van der Waals surface area contributed by atoms with Crippen LogP contribution in [0.3, 0.4) is 0 Å². The van der Waals surface area contributed by atoms with Crippen LogP contribution in [0.2, 0.25) is 0 Å². The number of methoxy groups -OCH3 is 1. The highest BCUT2D eigenvalue weighted by molar-refractivity contribution is 4.81. The van der Waals surface area contributed by atoms with Gasteiger partial charge in [0, 0.05) is 7.11 Å². The summed E-state index contributed by atoms with van der Waals surface area (Å²) < 4.78 is 11.4. The highest BCUT2D eigenvalue weighted by Crippen LogP contribution is 2.30. The molecule has 16 heavy (non-hydrogen) atoms. The molecule has 0 fully saturated rings. The van der Waals surface area contributed by atoms with Crippen LogP contribution in [-0.4, -0.2) is 25.9 Å². The lowest BCUT2D eigenvalue weighted by atomic mass is 9.83. The second-order valence-electron chi connectivity index (χ2n) is 7.44. The third-order valence-corrected chi connectivity index (χ3v) is 2.34. The molecule has 0 spiro atoms. The Labute approximate surface area is 102 Å². The highest BCUT2D eigenvalue weighted by atomic mass is 16.5. The van der Waals surface area contributed by atoms with Gasteiger partial charge in [-0.1, -0.05) is 41.5 Å². The Morgan fingerprint density at radius 3 is 1.56 bits per heavy atom. The first-order valence-electron chi connectivity index (χ1n) is 6.10. The van der Waals surface area contributed by atoms with Crippen molar-refractivity contribution in [3.05, 3.63) is 0 Å². The first-order chi connectivity index (χ1) is 6.97. The molecule has 0 aliphatic heterocycles. The second kappa shape index (κ2) is 5.50. The monoisotopic (exact) mass is 230 g/mol. The Balaban J connectivity index is 4.18. The van der Waals surface area contributed by atoms with Crippen LogP contribution in [0.25, 0.3) is 0 Å². The van der Waals surface area contributed by atoms with Crippen molar-refractivity contribution in [1.29, 1.82) is 0 Å². The Morgan fingerprint density at radius 2 is 1.25 bits per heavy atom. The summed E-state index contributed by atoms with van der Waals surface area (Å²) >= 11 is 0. The van der Waals surface area contributed by atoms with Gasteiger partial charge in [0.1, 0.15) is 0 Å². The fraction of sp³-hybridized carbons (Fsp3) is 1.00. The molecule has 0 amide bonds. The second-order valence-corrected chi connectivity index (χ2v) is 7.44. The lowest BCUT2D eigenvalue weighted by molar-refractivity contribution is -0.0931. The van der Waals surface area contributed by atoms with Gasteiger partial charge < -0.3 is 9.47 Å². The van der Waals surface area contributed by atoms with E-state index in [4.69, 9.17) is 9.47 Å². The van der Waals surface area contributed by atoms with Crippen molar-refractivity contribution in [3.8, 4) is 0 Å². The average molecular weight is 230 g/mol. The molecule has 1 atom stereocenters. The highest BCUT2D eigenvalue weighted by Gasteiger charge is 2.30. The number of ether oxygens (including phenoxy) is 2. The summed E-state index contributed by atoms with van der Waals surface area (Å²) in [6, 6.07) is 0. The predicted octanol–water partition coefficient (Wildman–Crippen LogP) is 3.89. The van der Waals surface area contributed by atoms with Crippen LogP contribution in [0.15, 0.2) is 0 Å². The Morgan fingerprint density at radius 1 is 0.750 bits per heavy atom. The van der Waals surface area contributed by atoms with E-state index < -0.39 is 0 Å². The van der Waals surface area contributed by atoms with Gasteiger partial charge in [-0.15, -0.1) is 0 Å². The largest absolute Gasteiger partial charge is 0.378 e. The number of rotatable bonds is 5. The molecule has 0 aliphatic carbocycles. The molecule has 2 heteroatoms. The summed E-state index contributed by atoms with van der Waals surface area (Å²) in [6.07, 6.45) is 1.00. The maximum absolute atomic E-state index is 5.78. The van der Waals surface area contributed by atoms with Crippen molar-refractivity contribution < 1.29 is 9.47 Å². The van der Waals surface area contributed by atoms with Crippen LogP contribution in [-0.2, 0) is 9.47 Å². The molecule has 0 saturated carbocycles. The molecule has 0 aromatic carbocycles. The molecule has 0 aromatic rings. The number of hydrogen-bond acceptors (Lipinski definition) is 2. The van der Waals surface area contributed by atoms with Crippen molar-refractivity contribution in [3.63, 3.8) is 0 Å². The Kier molecular flexibility index (Phi) is 5.48. The van der Waals surface area contributed by atoms with Crippen molar-refractivity contribution in [2.45, 2.75) is 60.5 Å². The summed E-state index contributed by atoms with van der Waals surface area (Å²) in [6.45, 7) is 16.8. The summed E-state index contributed by atoms with van der Waals surface area (Å²) in [7, 11) is 1.77. The van der Waals surface area contributed by atoms with Crippen LogP contribution in [0.1, 0.15) is 54.9 Å². The zero-order valence-corrected chi connectivity index (χ0v) is 12.4. The maximum atomic E-state index is 5.78. The maximum Gasteiger partial charge on any atom is 0.0888 e. The molecule has 0 saturated heterocycles. The summed E-state index contributed by atoms with van der Waals surface area (Å²) in [5.74, 6) is 0. The summed E-state index contributed by atoms with van der Waals surface area (Å²) in [5.41, 5.74) is 0.301. The molecular weight excluding hydrogens is 200 g/mol. The summed E-state index contributed by atoms with van der Waals surface area (Å²) in [5, 5.41) is 0. The molecule has 0 aromatic heterocycles. The smallest absolute Gasteiger partial charge is 0.0888 e. The lowest BCUT2D eigenvalue weighted by Gasteiger charge is -2.35. The third-order valence-electron chi connectivity index (χ3n) is 2.34. The van der Waals surface area contributed by atoms with E-state index in [-0.39, 0.29) is 16.4 Å². The topological polar surface area (TPSA) is 18.5 Å². The van der Waals surface area contributed by atoms with Gasteiger partial charge in [0.2, 0.25) is 0 Å². The van der Waals surface area contributed by atoms with Crippen LogP contribution >= 0.6 is 0 Å². The minimum Gasteiger partial charge on any atom is -0.378 e. The molecule has 0 N–H and O–H groups in total. The first kappa shape index (κ1) is 15.9. The van der Waals surface area contributed by atoms with Gasteiger partial charge in [0.15, 0.2) is 0 Å². The molecule has 2 nitrogen and oxygen atoms in total. The minimum absolute atomic E-state index is 0.177. The zero-order chi connectivity index (χ0) is 13.0. The minimum atomic E-state index is -0.177. The molecule has 0 rings (SSSR count). The van der Waals surface area contributed by atoms with Gasteiger partial charge in [-0.25, -0.2) is 0 Å². The van der Waals surface area contributed by atoms with E-state index >= 15 is 0 Å². The molecule has 98 valence electrons. The normalized spacial score (nSPS) is 17.2. The van der Waals surface area contributed by atoms with Gasteiger partial charge in [0.25, 0.3) is 0 Å². The molecular formula is C14H30O2. The fourth-order valence-corrected chi connectivity index (χ4v) is 1.88. The molecule has 0 bridgehead atoms. The molecule has 0 heterocycles. The van der Waals surface area contributed by atoms with Crippen LogP contribution in [0.4, 0.5) is 0 Å². The first-order valence-corrected chi connectivity index (χ1v) is 6.10. The van der Waals surface area contributed by atoms with E-state index in [0.29, 0.717) is 6.61 Å². The average Bonchev–Trinajstić information content (AvgIpc) is 1.98. The lowest BCUT2D eigenvalue weighted by Crippen LogP contribution is -2.38. The van der Waals surface area contributed by atoms with E-state index in [1.165, 1.54) is 0 Å². The van der Waals surface area contributed by atoms with Gasteiger partial charge in [-0.3, -0.25) is 0 Å². The van der Waals surface area contributed by atoms with Gasteiger partial charge in [0.05, 0.1) is 18.8 Å². The predicted molar refractivity (Wildman–Crippen MR) is 69.8 cm³/mol. The molecule has 0 aliphatic rings. The zero-order valence-electron chi connectivity index (χ0n) is 12.4. The van der Waals surface area contributed by atoms with E-state index in [2.05, 4.69) is 48.5 Å². The molecule has 0 unspecified atom stereocenters. The van der Waals surface area contributed by atoms with E-state index in [0.717, 1.165) is 13.0 Å².